The summed E-state index contributed by atoms with van der Waals surface area (Å²) in [4.78, 5) is 25.7. The van der Waals surface area contributed by atoms with Crippen LogP contribution in [0.3, 0.4) is 0 Å². The van der Waals surface area contributed by atoms with Crippen LogP contribution in [0.1, 0.15) is 44.9 Å². The maximum atomic E-state index is 13.6. The fraction of sp³-hybridized carbons (Fsp3) is 0.462. The van der Waals surface area contributed by atoms with Crippen molar-refractivity contribution >= 4 is 29.2 Å². The SMILES string of the molecule is COC(=O)c1c(C(F)(F)Cl)nc(C(F)(F)F)c(C(=O)[O-])c1NC1CC1. The zero-order chi connectivity index (χ0) is 19.2. The fourth-order valence-electron chi connectivity index (χ4n) is 2.07. The quantitative estimate of drug-likeness (QED) is 0.473. The summed E-state index contributed by atoms with van der Waals surface area (Å²) in [5.41, 5.74) is -7.68. The minimum Gasteiger partial charge on any atom is -0.545 e. The summed E-state index contributed by atoms with van der Waals surface area (Å²) >= 11 is 4.78. The number of anilines is 1. The molecule has 12 heteroatoms. The standard InChI is InChI=1S/C13H10ClF5N2O4/c1-25-11(24)6-7(20-4-2-3-4)5(10(22)23)9(13(17,18)19)21-8(6)12(14,15)16/h4H,2-3H2,1H3,(H,20,21)(H,22,23)/p-1. The molecule has 2 rings (SSSR count). The van der Waals surface area contributed by atoms with E-state index in [2.05, 4.69) is 15.0 Å². The van der Waals surface area contributed by atoms with Crippen molar-refractivity contribution in [1.29, 1.82) is 0 Å². The van der Waals surface area contributed by atoms with Gasteiger partial charge in [-0.15, -0.1) is 0 Å². The summed E-state index contributed by atoms with van der Waals surface area (Å²) in [5, 5.41) is 9.08. The zero-order valence-corrected chi connectivity index (χ0v) is 13.1. The number of carboxylic acids is 1. The van der Waals surface area contributed by atoms with Gasteiger partial charge < -0.3 is 20.0 Å². The van der Waals surface area contributed by atoms with Crippen molar-refractivity contribution in [3.05, 3.63) is 22.5 Å². The molecule has 1 aliphatic carbocycles. The number of rotatable bonds is 5. The number of hydrogen-bond donors (Lipinski definition) is 1. The van der Waals surface area contributed by atoms with Gasteiger partial charge >= 0.3 is 17.5 Å². The maximum absolute atomic E-state index is 13.6. The van der Waals surface area contributed by atoms with Crippen molar-refractivity contribution in [2.24, 2.45) is 0 Å². The molecule has 25 heavy (non-hydrogen) atoms. The van der Waals surface area contributed by atoms with Gasteiger partial charge in [-0.05, 0) is 24.4 Å². The number of alkyl halides is 6. The van der Waals surface area contributed by atoms with Crippen LogP contribution in [0.2, 0.25) is 0 Å². The highest BCUT2D eigenvalue weighted by atomic mass is 35.5. The molecule has 0 unspecified atom stereocenters. The number of halogens is 6. The molecule has 0 aliphatic heterocycles. The first kappa shape index (κ1) is 19.2. The van der Waals surface area contributed by atoms with E-state index < -0.39 is 57.7 Å². The van der Waals surface area contributed by atoms with E-state index in [9.17, 15) is 36.6 Å². The molecule has 1 aromatic rings. The van der Waals surface area contributed by atoms with Gasteiger partial charge in [0.05, 0.1) is 24.3 Å². The third-order valence-corrected chi connectivity index (χ3v) is 3.43. The molecule has 1 fully saturated rings. The lowest BCUT2D eigenvalue weighted by Crippen LogP contribution is -2.32. The Morgan fingerprint density at radius 3 is 2.12 bits per heavy atom. The first-order valence-corrected chi connectivity index (χ1v) is 7.04. The Balaban J connectivity index is 2.94. The number of carbonyl (C=O) groups excluding carboxylic acids is 2. The average molecular weight is 388 g/mol. The van der Waals surface area contributed by atoms with Crippen LogP contribution in [-0.4, -0.2) is 30.1 Å². The summed E-state index contributed by atoms with van der Waals surface area (Å²) < 4.78 is 70.9. The molecule has 1 heterocycles. The first-order chi connectivity index (χ1) is 11.4. The first-order valence-electron chi connectivity index (χ1n) is 6.66. The highest BCUT2D eigenvalue weighted by Gasteiger charge is 2.45. The van der Waals surface area contributed by atoms with Crippen LogP contribution in [-0.2, 0) is 16.3 Å². The molecule has 0 atom stereocenters. The van der Waals surface area contributed by atoms with Crippen LogP contribution in [0, 0.1) is 0 Å². The third-order valence-electron chi connectivity index (χ3n) is 3.25. The second-order valence-corrected chi connectivity index (χ2v) is 5.60. The van der Waals surface area contributed by atoms with Crippen LogP contribution >= 0.6 is 11.6 Å². The van der Waals surface area contributed by atoms with Crippen LogP contribution in [0.15, 0.2) is 0 Å². The van der Waals surface area contributed by atoms with E-state index in [0.717, 1.165) is 7.11 Å². The van der Waals surface area contributed by atoms with Crippen LogP contribution in [0.5, 0.6) is 0 Å². The lowest BCUT2D eigenvalue weighted by Gasteiger charge is -2.23. The molecule has 0 bridgehead atoms. The van der Waals surface area contributed by atoms with E-state index in [1.54, 1.807) is 0 Å². The second-order valence-electron chi connectivity index (χ2n) is 5.13. The molecule has 6 nitrogen and oxygen atoms in total. The third kappa shape index (κ3) is 3.91. The van der Waals surface area contributed by atoms with Gasteiger partial charge in [0.25, 0.3) is 0 Å². The zero-order valence-electron chi connectivity index (χ0n) is 12.3. The topological polar surface area (TPSA) is 91.3 Å². The molecule has 1 saturated carbocycles. The van der Waals surface area contributed by atoms with Crippen molar-refractivity contribution in [2.45, 2.75) is 30.4 Å². The van der Waals surface area contributed by atoms with E-state index in [4.69, 9.17) is 11.6 Å². The number of nitrogens with zero attached hydrogens (tertiary/aromatic N) is 1. The monoisotopic (exact) mass is 387 g/mol. The molecule has 0 radical (unpaired) electrons. The molecular formula is C13H9ClF5N2O4-. The molecule has 1 N–H and O–H groups in total. The number of carboxylic acid groups (broad SMARTS) is 1. The van der Waals surface area contributed by atoms with Crippen molar-refractivity contribution in [3.63, 3.8) is 0 Å². The van der Waals surface area contributed by atoms with Gasteiger partial charge in [-0.25, -0.2) is 9.78 Å². The van der Waals surface area contributed by atoms with Crippen molar-refractivity contribution in [3.8, 4) is 0 Å². The second kappa shape index (κ2) is 6.28. The van der Waals surface area contributed by atoms with Crippen molar-refractivity contribution < 1.29 is 41.4 Å². The van der Waals surface area contributed by atoms with Crippen LogP contribution < -0.4 is 10.4 Å². The van der Waals surface area contributed by atoms with Crippen molar-refractivity contribution in [2.75, 3.05) is 12.4 Å². The van der Waals surface area contributed by atoms with Crippen LogP contribution in [0.25, 0.3) is 0 Å². The molecule has 1 aliphatic rings. The molecule has 138 valence electrons. The Bertz CT molecular complexity index is 729. The normalized spacial score (nSPS) is 15.0. The summed E-state index contributed by atoms with van der Waals surface area (Å²) in [6.07, 6.45) is -4.55. The molecule has 0 saturated heterocycles. The maximum Gasteiger partial charge on any atom is 0.434 e. The molecular weight excluding hydrogens is 379 g/mol. The number of methoxy groups -OCH3 is 1. The number of aromatic carboxylic acids is 1. The van der Waals surface area contributed by atoms with Gasteiger partial charge in [0.15, 0.2) is 5.69 Å². The lowest BCUT2D eigenvalue weighted by atomic mass is 10.0. The van der Waals surface area contributed by atoms with Gasteiger partial charge in [0, 0.05) is 6.04 Å². The number of carbonyl (C=O) groups is 2. The summed E-state index contributed by atoms with van der Waals surface area (Å²) in [7, 11) is 0.774. The van der Waals surface area contributed by atoms with Gasteiger partial charge in [-0.2, -0.15) is 22.0 Å². The smallest absolute Gasteiger partial charge is 0.434 e. The van der Waals surface area contributed by atoms with Gasteiger partial charge in [-0.1, -0.05) is 0 Å². The van der Waals surface area contributed by atoms with Crippen molar-refractivity contribution in [1.82, 2.24) is 4.98 Å². The Kier molecular flexibility index (Phi) is 4.81. The summed E-state index contributed by atoms with van der Waals surface area (Å²) in [5.74, 6) is -3.88. The van der Waals surface area contributed by atoms with Crippen LogP contribution in [0.4, 0.5) is 27.6 Å². The van der Waals surface area contributed by atoms with Gasteiger partial charge in [0.2, 0.25) is 0 Å². The number of nitrogens with one attached hydrogen (secondary N) is 1. The largest absolute Gasteiger partial charge is 0.545 e. The highest BCUT2D eigenvalue weighted by Crippen LogP contribution is 2.43. The van der Waals surface area contributed by atoms with Gasteiger partial charge in [0.1, 0.15) is 11.3 Å². The highest BCUT2D eigenvalue weighted by molar-refractivity contribution is 6.22. The Labute approximate surface area is 141 Å². The number of ether oxygens (including phenoxy) is 1. The Hall–Kier alpha value is -2.17. The number of pyridine rings is 1. The van der Waals surface area contributed by atoms with Gasteiger partial charge in [-0.3, -0.25) is 0 Å². The lowest BCUT2D eigenvalue weighted by molar-refractivity contribution is -0.255. The molecule has 0 spiro atoms. The predicted molar refractivity (Wildman–Crippen MR) is 71.3 cm³/mol. The van der Waals surface area contributed by atoms with E-state index in [-0.39, 0.29) is 0 Å². The number of aromatic nitrogens is 1. The predicted octanol–water partition coefficient (Wildman–Crippen LogP) is 2.11. The minimum absolute atomic E-state index is 0.434. The average Bonchev–Trinajstić information content (AvgIpc) is 3.26. The molecule has 0 amide bonds. The Morgan fingerprint density at radius 1 is 1.20 bits per heavy atom. The number of hydrogen-bond acceptors (Lipinski definition) is 6. The minimum atomic E-state index is -5.42. The number of esters is 1. The van der Waals surface area contributed by atoms with E-state index in [1.165, 1.54) is 0 Å². The summed E-state index contributed by atoms with van der Waals surface area (Å²) in [6.45, 7) is 0. The molecule has 1 aromatic heterocycles. The molecule has 0 aromatic carbocycles. The fourth-order valence-corrected chi connectivity index (χ4v) is 2.21. The van der Waals surface area contributed by atoms with E-state index >= 15 is 0 Å². The van der Waals surface area contributed by atoms with E-state index in [1.807, 2.05) is 0 Å². The summed E-state index contributed by atoms with van der Waals surface area (Å²) in [6, 6.07) is -0.498. The Morgan fingerprint density at radius 2 is 1.76 bits per heavy atom. The van der Waals surface area contributed by atoms with E-state index in [0.29, 0.717) is 12.8 Å².